The number of alkyl halides is 1. The molecule has 2 aliphatic rings. The molecule has 0 saturated carbocycles. The molecular weight excluding hydrogens is 234 g/mol. The lowest BCUT2D eigenvalue weighted by Gasteiger charge is -2.40. The summed E-state index contributed by atoms with van der Waals surface area (Å²) in [6.45, 7) is 3.89. The van der Waals surface area contributed by atoms with Crippen LogP contribution in [0.4, 0.5) is 0 Å². The Labute approximate surface area is 86.5 Å². The van der Waals surface area contributed by atoms with Crippen LogP contribution in [0.2, 0.25) is 0 Å². The fourth-order valence-electron chi connectivity index (χ4n) is 2.12. The summed E-state index contributed by atoms with van der Waals surface area (Å²) in [6, 6.07) is 0.0483. The Balaban J connectivity index is 2.14. The number of fused-ring (bicyclic) bond motifs is 1. The first-order valence-corrected chi connectivity index (χ1v) is 5.80. The van der Waals surface area contributed by atoms with Gasteiger partial charge in [0.1, 0.15) is 11.6 Å². The van der Waals surface area contributed by atoms with Gasteiger partial charge in [-0.25, -0.2) is 0 Å². The first-order chi connectivity index (χ1) is 6.14. The van der Waals surface area contributed by atoms with E-state index in [1.54, 1.807) is 0 Å². The fraction of sp³-hybridized carbons (Fsp3) is 0.889. The predicted octanol–water partition coefficient (Wildman–Crippen LogP) is 1.16. The monoisotopic (exact) mass is 247 g/mol. The maximum atomic E-state index is 11.6. The molecule has 2 atom stereocenters. The molecule has 13 heavy (non-hydrogen) atoms. The lowest BCUT2D eigenvalue weighted by atomic mass is 10.1. The highest BCUT2D eigenvalue weighted by molar-refractivity contribution is 9.09. The Morgan fingerprint density at radius 1 is 1.77 bits per heavy atom. The Morgan fingerprint density at radius 3 is 3.23 bits per heavy atom. The quantitative estimate of drug-likeness (QED) is 0.515. The minimum Gasteiger partial charge on any atom is -0.456 e. The second kappa shape index (κ2) is 3.24. The molecule has 0 radical (unpaired) electrons. The van der Waals surface area contributed by atoms with Crippen molar-refractivity contribution in [2.75, 3.05) is 18.4 Å². The second-order valence-electron chi connectivity index (χ2n) is 4.13. The van der Waals surface area contributed by atoms with Gasteiger partial charge in [-0.05, 0) is 26.3 Å². The smallest absolute Gasteiger partial charge is 0.323 e. The molecular formula is C9H14BrNO2. The van der Waals surface area contributed by atoms with E-state index in [-0.39, 0.29) is 17.6 Å². The van der Waals surface area contributed by atoms with Gasteiger partial charge in [-0.2, -0.15) is 0 Å². The number of esters is 1. The average molecular weight is 248 g/mol. The molecule has 0 aliphatic carbocycles. The molecule has 2 fully saturated rings. The summed E-state index contributed by atoms with van der Waals surface area (Å²) in [7, 11) is 0. The van der Waals surface area contributed by atoms with Crippen LogP contribution >= 0.6 is 15.9 Å². The van der Waals surface area contributed by atoms with Crippen molar-refractivity contribution < 1.29 is 9.53 Å². The minimum atomic E-state index is -0.322. The van der Waals surface area contributed by atoms with Gasteiger partial charge >= 0.3 is 5.97 Å². The molecule has 74 valence electrons. The minimum absolute atomic E-state index is 0.0364. The number of carbonyl (C=O) groups is 1. The van der Waals surface area contributed by atoms with Crippen LogP contribution in [-0.4, -0.2) is 40.9 Å². The van der Waals surface area contributed by atoms with E-state index in [9.17, 15) is 4.79 Å². The Bertz CT molecular complexity index is 234. The molecule has 0 aromatic rings. The predicted molar refractivity (Wildman–Crippen MR) is 52.9 cm³/mol. The van der Waals surface area contributed by atoms with E-state index in [1.807, 2.05) is 6.92 Å². The standard InChI is InChI=1S/C9H14BrNO2/c1-9(5-10)6-11-4-2-3-7(11)8(12)13-9/h7H,2-6H2,1H3/t7?,9-/m1/s1. The summed E-state index contributed by atoms with van der Waals surface area (Å²) in [5.41, 5.74) is -0.322. The third-order valence-corrected chi connectivity index (χ3v) is 3.99. The van der Waals surface area contributed by atoms with Crippen LogP contribution in [0, 0.1) is 0 Å². The Morgan fingerprint density at radius 2 is 2.54 bits per heavy atom. The molecule has 2 aliphatic heterocycles. The highest BCUT2D eigenvalue weighted by atomic mass is 79.9. The lowest BCUT2D eigenvalue weighted by molar-refractivity contribution is -0.174. The van der Waals surface area contributed by atoms with Gasteiger partial charge in [0.2, 0.25) is 0 Å². The number of hydrogen-bond donors (Lipinski definition) is 0. The first-order valence-electron chi connectivity index (χ1n) is 4.67. The molecule has 0 bridgehead atoms. The topological polar surface area (TPSA) is 29.5 Å². The number of ether oxygens (including phenoxy) is 1. The summed E-state index contributed by atoms with van der Waals surface area (Å²) < 4.78 is 5.41. The third-order valence-electron chi connectivity index (χ3n) is 2.80. The molecule has 1 unspecified atom stereocenters. The zero-order valence-corrected chi connectivity index (χ0v) is 9.34. The van der Waals surface area contributed by atoms with Gasteiger partial charge in [0.25, 0.3) is 0 Å². The summed E-state index contributed by atoms with van der Waals surface area (Å²) in [4.78, 5) is 13.8. The van der Waals surface area contributed by atoms with Crippen molar-refractivity contribution in [3.05, 3.63) is 0 Å². The van der Waals surface area contributed by atoms with Crippen LogP contribution in [0.5, 0.6) is 0 Å². The molecule has 4 heteroatoms. The van der Waals surface area contributed by atoms with E-state index < -0.39 is 0 Å². The lowest BCUT2D eigenvalue weighted by Crippen LogP contribution is -2.56. The SMILES string of the molecule is C[C@@]1(CBr)CN2CCCC2C(=O)O1. The fourth-order valence-corrected chi connectivity index (χ4v) is 2.42. The van der Waals surface area contributed by atoms with E-state index in [1.165, 1.54) is 0 Å². The van der Waals surface area contributed by atoms with Crippen LogP contribution < -0.4 is 0 Å². The van der Waals surface area contributed by atoms with Gasteiger partial charge in [0, 0.05) is 11.9 Å². The number of rotatable bonds is 1. The van der Waals surface area contributed by atoms with Gasteiger partial charge in [-0.15, -0.1) is 0 Å². The molecule has 2 rings (SSSR count). The van der Waals surface area contributed by atoms with Crippen molar-refractivity contribution >= 4 is 21.9 Å². The van der Waals surface area contributed by atoms with Crippen LogP contribution in [0.15, 0.2) is 0 Å². The number of hydrogen-bond acceptors (Lipinski definition) is 3. The van der Waals surface area contributed by atoms with Gasteiger partial charge in [-0.1, -0.05) is 15.9 Å². The van der Waals surface area contributed by atoms with Gasteiger partial charge < -0.3 is 4.74 Å². The molecule has 2 heterocycles. The summed E-state index contributed by atoms with van der Waals surface area (Å²) in [5, 5.41) is 0.717. The van der Waals surface area contributed by atoms with E-state index >= 15 is 0 Å². The number of halogens is 1. The van der Waals surface area contributed by atoms with Crippen LogP contribution in [0.25, 0.3) is 0 Å². The van der Waals surface area contributed by atoms with Crippen molar-refractivity contribution in [3.63, 3.8) is 0 Å². The normalized spacial score (nSPS) is 40.2. The van der Waals surface area contributed by atoms with Crippen molar-refractivity contribution in [2.45, 2.75) is 31.4 Å². The Hall–Kier alpha value is -0.0900. The maximum absolute atomic E-state index is 11.6. The largest absolute Gasteiger partial charge is 0.456 e. The highest BCUT2D eigenvalue weighted by Crippen LogP contribution is 2.29. The van der Waals surface area contributed by atoms with Crippen LogP contribution in [-0.2, 0) is 9.53 Å². The van der Waals surface area contributed by atoms with E-state index in [2.05, 4.69) is 20.8 Å². The van der Waals surface area contributed by atoms with Crippen molar-refractivity contribution in [3.8, 4) is 0 Å². The summed E-state index contributed by atoms with van der Waals surface area (Å²) in [5.74, 6) is -0.0364. The highest BCUT2D eigenvalue weighted by Gasteiger charge is 2.44. The molecule has 0 amide bonds. The molecule has 2 saturated heterocycles. The zero-order chi connectivity index (χ0) is 9.47. The van der Waals surface area contributed by atoms with E-state index in [4.69, 9.17) is 4.74 Å². The Kier molecular flexibility index (Phi) is 2.36. The van der Waals surface area contributed by atoms with Crippen LogP contribution in [0.3, 0.4) is 0 Å². The maximum Gasteiger partial charge on any atom is 0.323 e. The van der Waals surface area contributed by atoms with Gasteiger partial charge in [-0.3, -0.25) is 9.69 Å². The molecule has 0 aromatic carbocycles. The number of morpholine rings is 1. The molecule has 0 aromatic heterocycles. The number of nitrogens with zero attached hydrogens (tertiary/aromatic N) is 1. The van der Waals surface area contributed by atoms with Crippen molar-refractivity contribution in [1.29, 1.82) is 0 Å². The van der Waals surface area contributed by atoms with E-state index in [0.29, 0.717) is 0 Å². The first kappa shape index (κ1) is 9.46. The number of carbonyl (C=O) groups excluding carboxylic acids is 1. The summed E-state index contributed by atoms with van der Waals surface area (Å²) in [6.07, 6.45) is 2.09. The second-order valence-corrected chi connectivity index (χ2v) is 4.69. The average Bonchev–Trinajstić information content (AvgIpc) is 2.52. The molecule has 3 nitrogen and oxygen atoms in total. The van der Waals surface area contributed by atoms with E-state index in [0.717, 1.165) is 31.3 Å². The molecule has 0 spiro atoms. The number of cyclic esters (lactones) is 1. The van der Waals surface area contributed by atoms with Gasteiger partial charge in [0.05, 0.1) is 0 Å². The molecule has 0 N–H and O–H groups in total. The van der Waals surface area contributed by atoms with Crippen molar-refractivity contribution in [1.82, 2.24) is 4.90 Å². The van der Waals surface area contributed by atoms with Gasteiger partial charge in [0.15, 0.2) is 0 Å². The third kappa shape index (κ3) is 1.62. The van der Waals surface area contributed by atoms with Crippen LogP contribution in [0.1, 0.15) is 19.8 Å². The summed E-state index contributed by atoms with van der Waals surface area (Å²) >= 11 is 3.39. The zero-order valence-electron chi connectivity index (χ0n) is 7.75. The van der Waals surface area contributed by atoms with Crippen molar-refractivity contribution in [2.24, 2.45) is 0 Å².